The second-order valence-corrected chi connectivity index (χ2v) is 9.02. The van der Waals surface area contributed by atoms with Crippen LogP contribution in [0.2, 0.25) is 0 Å². The Morgan fingerprint density at radius 1 is 1.06 bits per heavy atom. The molecule has 1 saturated heterocycles. The summed E-state index contributed by atoms with van der Waals surface area (Å²) in [6.07, 6.45) is -6.64. The standard InChI is InChI=1S/C25H25F3N2O5/c1-14-11-30(12-15(14)10-21(31)32)23(33)22(25(26,27)28)29-24(34)35-13-20-18-8-4-2-6-16(18)17-7-3-5-9-19(17)20/h2-9,14-15,20,22H,10-13H2,1H3,(H,29,34)(H,31,32). The Morgan fingerprint density at radius 3 is 2.17 bits per heavy atom. The third-order valence-corrected chi connectivity index (χ3v) is 6.70. The van der Waals surface area contributed by atoms with E-state index in [4.69, 9.17) is 9.84 Å². The molecule has 2 aromatic carbocycles. The van der Waals surface area contributed by atoms with Crippen LogP contribution >= 0.6 is 0 Å². The summed E-state index contributed by atoms with van der Waals surface area (Å²) in [5.74, 6) is -3.49. The van der Waals surface area contributed by atoms with Crippen molar-refractivity contribution < 1.29 is 37.4 Å². The number of carbonyl (C=O) groups excluding carboxylic acids is 2. The highest BCUT2D eigenvalue weighted by Crippen LogP contribution is 2.44. The average molecular weight is 490 g/mol. The minimum absolute atomic E-state index is 0.0181. The Hall–Kier alpha value is -3.56. The SMILES string of the molecule is CC1CN(C(=O)C(NC(=O)OCC2c3ccccc3-c3ccccc32)C(F)(F)F)CC1CC(=O)O. The van der Waals surface area contributed by atoms with Crippen LogP contribution in [0, 0.1) is 11.8 Å². The summed E-state index contributed by atoms with van der Waals surface area (Å²) in [5.41, 5.74) is 3.75. The first-order valence-corrected chi connectivity index (χ1v) is 11.2. The van der Waals surface area contributed by atoms with Crippen LogP contribution in [0.3, 0.4) is 0 Å². The molecule has 2 aliphatic rings. The van der Waals surface area contributed by atoms with Gasteiger partial charge in [0.1, 0.15) is 6.61 Å². The molecule has 1 heterocycles. The summed E-state index contributed by atoms with van der Waals surface area (Å²) < 4.78 is 46.3. The maximum Gasteiger partial charge on any atom is 0.417 e. The highest BCUT2D eigenvalue weighted by molar-refractivity contribution is 5.87. The lowest BCUT2D eigenvalue weighted by atomic mass is 9.95. The number of nitrogens with zero attached hydrogens (tertiary/aromatic N) is 1. The summed E-state index contributed by atoms with van der Waals surface area (Å²) >= 11 is 0. The minimum Gasteiger partial charge on any atom is -0.481 e. The van der Waals surface area contributed by atoms with Crippen LogP contribution in [0.5, 0.6) is 0 Å². The second kappa shape index (κ2) is 9.59. The van der Waals surface area contributed by atoms with Crippen LogP contribution in [0.15, 0.2) is 48.5 Å². The first-order valence-electron chi connectivity index (χ1n) is 11.2. The lowest BCUT2D eigenvalue weighted by Gasteiger charge is -2.26. The number of likely N-dealkylation sites (tertiary alicyclic amines) is 1. The average Bonchev–Trinajstić information content (AvgIpc) is 3.32. The van der Waals surface area contributed by atoms with E-state index in [0.717, 1.165) is 27.2 Å². The molecule has 0 radical (unpaired) electrons. The highest BCUT2D eigenvalue weighted by Gasteiger charge is 2.50. The largest absolute Gasteiger partial charge is 0.481 e. The number of benzene rings is 2. The molecule has 1 fully saturated rings. The summed E-state index contributed by atoms with van der Waals surface area (Å²) in [6, 6.07) is 12.3. The topological polar surface area (TPSA) is 95.9 Å². The molecule has 3 atom stereocenters. The quantitative estimate of drug-likeness (QED) is 0.638. The number of carbonyl (C=O) groups is 3. The van der Waals surface area contributed by atoms with Gasteiger partial charge in [0.25, 0.3) is 5.91 Å². The van der Waals surface area contributed by atoms with Gasteiger partial charge in [0.05, 0.1) is 6.42 Å². The maximum atomic E-state index is 13.7. The van der Waals surface area contributed by atoms with Crippen molar-refractivity contribution in [2.75, 3.05) is 19.7 Å². The first kappa shape index (κ1) is 24.6. The first-order chi connectivity index (χ1) is 16.6. The summed E-state index contributed by atoms with van der Waals surface area (Å²) in [4.78, 5) is 37.0. The van der Waals surface area contributed by atoms with Crippen LogP contribution in [0.25, 0.3) is 11.1 Å². The molecule has 2 amide bonds. The van der Waals surface area contributed by atoms with E-state index in [1.807, 2.05) is 48.5 Å². The summed E-state index contributed by atoms with van der Waals surface area (Å²) in [6.45, 7) is 1.35. The normalized spacial score (nSPS) is 20.2. The molecule has 0 saturated carbocycles. The number of nitrogens with one attached hydrogen (secondary N) is 1. The maximum absolute atomic E-state index is 13.7. The van der Waals surface area contributed by atoms with Gasteiger partial charge >= 0.3 is 18.2 Å². The number of halogens is 3. The van der Waals surface area contributed by atoms with Crippen molar-refractivity contribution >= 4 is 18.0 Å². The lowest BCUT2D eigenvalue weighted by molar-refractivity contribution is -0.174. The highest BCUT2D eigenvalue weighted by atomic mass is 19.4. The number of carboxylic acid groups (broad SMARTS) is 1. The third-order valence-electron chi connectivity index (χ3n) is 6.70. The van der Waals surface area contributed by atoms with E-state index in [1.165, 1.54) is 0 Å². The number of alkyl carbamates (subject to hydrolysis) is 1. The van der Waals surface area contributed by atoms with Crippen molar-refractivity contribution in [2.45, 2.75) is 31.5 Å². The number of aliphatic carboxylic acids is 1. The predicted octanol–water partition coefficient (Wildman–Crippen LogP) is 4.03. The van der Waals surface area contributed by atoms with E-state index in [1.54, 1.807) is 12.2 Å². The van der Waals surface area contributed by atoms with Gasteiger partial charge in [0.2, 0.25) is 6.04 Å². The molecule has 0 bridgehead atoms. The van der Waals surface area contributed by atoms with Gasteiger partial charge in [-0.3, -0.25) is 9.59 Å². The van der Waals surface area contributed by atoms with Gasteiger partial charge < -0.3 is 20.1 Å². The van der Waals surface area contributed by atoms with Gasteiger partial charge in [-0.1, -0.05) is 55.5 Å². The van der Waals surface area contributed by atoms with E-state index in [9.17, 15) is 27.6 Å². The van der Waals surface area contributed by atoms with E-state index in [0.29, 0.717) is 0 Å². The molecule has 0 aromatic heterocycles. The van der Waals surface area contributed by atoms with E-state index >= 15 is 0 Å². The minimum atomic E-state index is -5.04. The summed E-state index contributed by atoms with van der Waals surface area (Å²) in [5, 5.41) is 10.7. The molecule has 7 nitrogen and oxygen atoms in total. The van der Waals surface area contributed by atoms with Crippen LogP contribution < -0.4 is 5.32 Å². The fraction of sp³-hybridized carbons (Fsp3) is 0.400. The lowest BCUT2D eigenvalue weighted by Crippen LogP contribution is -2.55. The molecule has 35 heavy (non-hydrogen) atoms. The fourth-order valence-corrected chi connectivity index (χ4v) is 4.93. The molecule has 0 spiro atoms. The van der Waals surface area contributed by atoms with Crippen molar-refractivity contribution in [3.8, 4) is 11.1 Å². The Balaban J connectivity index is 1.43. The molecular formula is C25H25F3N2O5. The molecule has 1 aliphatic carbocycles. The van der Waals surface area contributed by atoms with Gasteiger partial charge in [0.15, 0.2) is 0 Å². The van der Waals surface area contributed by atoms with Gasteiger partial charge in [-0.15, -0.1) is 0 Å². The van der Waals surface area contributed by atoms with E-state index < -0.39 is 36.1 Å². The van der Waals surface area contributed by atoms with Crippen LogP contribution in [-0.2, 0) is 14.3 Å². The van der Waals surface area contributed by atoms with Crippen LogP contribution in [0.4, 0.5) is 18.0 Å². The number of alkyl halides is 3. The Bertz CT molecular complexity index is 1090. The zero-order chi connectivity index (χ0) is 25.3. The van der Waals surface area contributed by atoms with Gasteiger partial charge in [-0.25, -0.2) is 4.79 Å². The number of hydrogen-bond donors (Lipinski definition) is 2. The van der Waals surface area contributed by atoms with E-state index in [-0.39, 0.29) is 38.0 Å². The molecule has 2 N–H and O–H groups in total. The number of ether oxygens (including phenoxy) is 1. The Labute approximate surface area is 199 Å². The predicted molar refractivity (Wildman–Crippen MR) is 120 cm³/mol. The smallest absolute Gasteiger partial charge is 0.417 e. The van der Waals surface area contributed by atoms with Crippen molar-refractivity contribution in [2.24, 2.45) is 11.8 Å². The Morgan fingerprint density at radius 2 is 1.63 bits per heavy atom. The Kier molecular flexibility index (Phi) is 6.73. The van der Waals surface area contributed by atoms with Gasteiger partial charge in [-0.05, 0) is 34.1 Å². The third kappa shape index (κ3) is 5.11. The van der Waals surface area contributed by atoms with Gasteiger partial charge in [0, 0.05) is 19.0 Å². The van der Waals surface area contributed by atoms with Crippen LogP contribution in [-0.4, -0.2) is 59.9 Å². The van der Waals surface area contributed by atoms with Crippen molar-refractivity contribution in [1.29, 1.82) is 0 Å². The molecule has 1 aliphatic heterocycles. The monoisotopic (exact) mass is 490 g/mol. The molecule has 186 valence electrons. The number of carboxylic acids is 1. The molecule has 2 aromatic rings. The van der Waals surface area contributed by atoms with Crippen molar-refractivity contribution in [1.82, 2.24) is 10.2 Å². The van der Waals surface area contributed by atoms with E-state index in [2.05, 4.69) is 0 Å². The number of fused-ring (bicyclic) bond motifs is 3. The van der Waals surface area contributed by atoms with Crippen molar-refractivity contribution in [3.05, 3.63) is 59.7 Å². The fourth-order valence-electron chi connectivity index (χ4n) is 4.93. The van der Waals surface area contributed by atoms with Crippen LogP contribution in [0.1, 0.15) is 30.4 Å². The molecule has 3 unspecified atom stereocenters. The van der Waals surface area contributed by atoms with Gasteiger partial charge in [-0.2, -0.15) is 13.2 Å². The molecular weight excluding hydrogens is 465 g/mol. The zero-order valence-corrected chi connectivity index (χ0v) is 18.9. The number of hydrogen-bond acceptors (Lipinski definition) is 4. The number of amides is 2. The molecule has 10 heteroatoms. The zero-order valence-electron chi connectivity index (χ0n) is 18.9. The number of rotatable bonds is 6. The molecule has 4 rings (SSSR count). The van der Waals surface area contributed by atoms with Crippen molar-refractivity contribution in [3.63, 3.8) is 0 Å². The summed E-state index contributed by atoms with van der Waals surface area (Å²) in [7, 11) is 0. The second-order valence-electron chi connectivity index (χ2n) is 9.02.